The van der Waals surface area contributed by atoms with Crippen LogP contribution in [0.25, 0.3) is 0 Å². The van der Waals surface area contributed by atoms with Crippen molar-refractivity contribution < 1.29 is 23.9 Å². The maximum Gasteiger partial charge on any atom is 0.325 e. The smallest absolute Gasteiger partial charge is 0.325 e. The van der Waals surface area contributed by atoms with Gasteiger partial charge in [0.15, 0.2) is 11.5 Å². The fourth-order valence-electron chi connectivity index (χ4n) is 3.92. The lowest BCUT2D eigenvalue weighted by Crippen LogP contribution is -2.43. The van der Waals surface area contributed by atoms with Gasteiger partial charge in [-0.15, -0.1) is 0 Å². The number of carbonyl (C=O) groups is 3. The molecule has 1 heterocycles. The Morgan fingerprint density at radius 3 is 2.26 bits per heavy atom. The van der Waals surface area contributed by atoms with Crippen molar-refractivity contribution in [2.45, 2.75) is 45.1 Å². The van der Waals surface area contributed by atoms with Crippen LogP contribution in [0.1, 0.15) is 44.4 Å². The Kier molecular flexibility index (Phi) is 7.19. The molecular weight excluding hydrogens is 434 g/mol. The second kappa shape index (κ2) is 9.75. The average molecular weight is 468 g/mol. The van der Waals surface area contributed by atoms with Gasteiger partial charge in [0.05, 0.1) is 14.2 Å². The monoisotopic (exact) mass is 467 g/mol. The van der Waals surface area contributed by atoms with Gasteiger partial charge >= 0.3 is 6.03 Å². The van der Waals surface area contributed by atoms with E-state index >= 15 is 0 Å². The third-order valence-corrected chi connectivity index (χ3v) is 6.09. The van der Waals surface area contributed by atoms with Gasteiger partial charge in [-0.3, -0.25) is 14.5 Å². The normalized spacial score (nSPS) is 18.0. The molecule has 2 aromatic carbocycles. The molecule has 0 aromatic heterocycles. The minimum absolute atomic E-state index is 0.0244. The quantitative estimate of drug-likeness (QED) is 0.582. The first kappa shape index (κ1) is 25.1. The SMILES string of the molecule is COc1ccc(CCNC(=O)CN2C(=O)NC(C)(c3ccc(C(C)(C)C)cc3)C2=O)cc1OC. The lowest BCUT2D eigenvalue weighted by molar-refractivity contribution is -0.134. The van der Waals surface area contributed by atoms with E-state index in [2.05, 4.69) is 31.4 Å². The Morgan fingerprint density at radius 2 is 1.68 bits per heavy atom. The van der Waals surface area contributed by atoms with Crippen LogP contribution in [-0.2, 0) is 27.0 Å². The lowest BCUT2D eigenvalue weighted by Gasteiger charge is -2.24. The second-order valence-corrected chi connectivity index (χ2v) is 9.56. The summed E-state index contributed by atoms with van der Waals surface area (Å²) in [4.78, 5) is 39.1. The second-order valence-electron chi connectivity index (χ2n) is 9.56. The number of nitrogens with zero attached hydrogens (tertiary/aromatic N) is 1. The number of imide groups is 1. The van der Waals surface area contributed by atoms with E-state index in [1.807, 2.05) is 36.4 Å². The van der Waals surface area contributed by atoms with E-state index in [9.17, 15) is 14.4 Å². The van der Waals surface area contributed by atoms with Gasteiger partial charge in [0.25, 0.3) is 5.91 Å². The zero-order valence-electron chi connectivity index (χ0n) is 20.7. The van der Waals surface area contributed by atoms with Gasteiger partial charge in [-0.25, -0.2) is 4.79 Å². The summed E-state index contributed by atoms with van der Waals surface area (Å²) >= 11 is 0. The summed E-state index contributed by atoms with van der Waals surface area (Å²) in [6, 6.07) is 12.6. The van der Waals surface area contributed by atoms with Crippen LogP contribution in [0.15, 0.2) is 42.5 Å². The van der Waals surface area contributed by atoms with Gasteiger partial charge in [-0.2, -0.15) is 0 Å². The Morgan fingerprint density at radius 1 is 1.03 bits per heavy atom. The van der Waals surface area contributed by atoms with Crippen LogP contribution in [0.3, 0.4) is 0 Å². The maximum absolute atomic E-state index is 13.1. The molecule has 2 N–H and O–H groups in total. The van der Waals surface area contributed by atoms with Gasteiger partial charge in [-0.1, -0.05) is 51.1 Å². The average Bonchev–Trinajstić information content (AvgIpc) is 3.02. The predicted molar refractivity (Wildman–Crippen MR) is 129 cm³/mol. The minimum Gasteiger partial charge on any atom is -0.493 e. The molecule has 0 saturated carbocycles. The van der Waals surface area contributed by atoms with E-state index in [1.54, 1.807) is 27.2 Å². The number of hydrogen-bond acceptors (Lipinski definition) is 5. The van der Waals surface area contributed by atoms with Gasteiger partial charge in [0.2, 0.25) is 5.91 Å². The molecule has 1 atom stereocenters. The predicted octanol–water partition coefficient (Wildman–Crippen LogP) is 3.13. The van der Waals surface area contributed by atoms with Gasteiger partial charge in [0.1, 0.15) is 12.1 Å². The van der Waals surface area contributed by atoms with Gasteiger partial charge in [-0.05, 0) is 47.6 Å². The van der Waals surface area contributed by atoms with E-state index in [0.717, 1.165) is 16.0 Å². The number of carbonyl (C=O) groups excluding carboxylic acids is 3. The molecule has 0 bridgehead atoms. The third-order valence-electron chi connectivity index (χ3n) is 6.09. The highest BCUT2D eigenvalue weighted by molar-refractivity contribution is 6.09. The number of methoxy groups -OCH3 is 2. The van der Waals surface area contributed by atoms with Crippen LogP contribution in [0, 0.1) is 0 Å². The van der Waals surface area contributed by atoms with Gasteiger partial charge in [0, 0.05) is 6.54 Å². The van der Waals surface area contributed by atoms with E-state index in [-0.39, 0.29) is 12.0 Å². The zero-order chi connectivity index (χ0) is 25.1. The van der Waals surface area contributed by atoms with Crippen molar-refractivity contribution in [3.05, 3.63) is 59.2 Å². The Balaban J connectivity index is 1.60. The summed E-state index contributed by atoms with van der Waals surface area (Å²) in [5, 5.41) is 5.52. The summed E-state index contributed by atoms with van der Waals surface area (Å²) in [7, 11) is 3.13. The highest BCUT2D eigenvalue weighted by Gasteiger charge is 2.49. The van der Waals surface area contributed by atoms with Crippen LogP contribution >= 0.6 is 0 Å². The molecule has 1 saturated heterocycles. The molecule has 0 aliphatic carbocycles. The number of nitrogens with one attached hydrogen (secondary N) is 2. The van der Waals surface area contributed by atoms with Gasteiger partial charge < -0.3 is 20.1 Å². The van der Waals surface area contributed by atoms with Crippen molar-refractivity contribution in [3.63, 3.8) is 0 Å². The molecule has 1 fully saturated rings. The van der Waals surface area contributed by atoms with Crippen LogP contribution in [0.4, 0.5) is 4.79 Å². The van der Waals surface area contributed by atoms with Crippen LogP contribution in [0.5, 0.6) is 11.5 Å². The molecule has 4 amide bonds. The summed E-state index contributed by atoms with van der Waals surface area (Å²) < 4.78 is 10.5. The number of ether oxygens (including phenoxy) is 2. The van der Waals surface area contributed by atoms with E-state index in [0.29, 0.717) is 30.0 Å². The first-order valence-electron chi connectivity index (χ1n) is 11.2. The standard InChI is InChI=1S/C26H33N3O5/c1-25(2,3)18-8-10-19(11-9-18)26(4)23(31)29(24(32)28-26)16-22(30)27-14-13-17-7-12-20(33-5)21(15-17)34-6/h7-12,15H,13-14,16H2,1-6H3,(H,27,30)(H,28,32). The molecule has 0 spiro atoms. The van der Waals surface area contributed by atoms with Crippen molar-refractivity contribution in [3.8, 4) is 11.5 Å². The topological polar surface area (TPSA) is 97.0 Å². The first-order valence-corrected chi connectivity index (χ1v) is 11.2. The van der Waals surface area contributed by atoms with E-state index < -0.39 is 23.4 Å². The van der Waals surface area contributed by atoms with Crippen molar-refractivity contribution in [1.29, 1.82) is 0 Å². The van der Waals surface area contributed by atoms with E-state index in [4.69, 9.17) is 9.47 Å². The minimum atomic E-state index is -1.21. The Bertz CT molecular complexity index is 1070. The summed E-state index contributed by atoms with van der Waals surface area (Å²) in [5.41, 5.74) is 1.52. The number of urea groups is 1. The molecule has 34 heavy (non-hydrogen) atoms. The van der Waals surface area contributed by atoms with Crippen molar-refractivity contribution in [2.75, 3.05) is 27.3 Å². The number of hydrogen-bond donors (Lipinski definition) is 2. The van der Waals surface area contributed by atoms with Crippen molar-refractivity contribution in [1.82, 2.24) is 15.5 Å². The van der Waals surface area contributed by atoms with Crippen LogP contribution < -0.4 is 20.1 Å². The largest absolute Gasteiger partial charge is 0.493 e. The van der Waals surface area contributed by atoms with E-state index in [1.165, 1.54) is 0 Å². The lowest BCUT2D eigenvalue weighted by atomic mass is 9.84. The fraction of sp³-hybridized carbons (Fsp3) is 0.423. The fourth-order valence-corrected chi connectivity index (χ4v) is 3.92. The van der Waals surface area contributed by atoms with Crippen LogP contribution in [0.2, 0.25) is 0 Å². The summed E-state index contributed by atoms with van der Waals surface area (Å²) in [5.74, 6) is 0.387. The molecule has 8 heteroatoms. The molecule has 182 valence electrons. The van der Waals surface area contributed by atoms with Crippen molar-refractivity contribution >= 4 is 17.8 Å². The molecular formula is C26H33N3O5. The molecule has 1 aliphatic rings. The molecule has 8 nitrogen and oxygen atoms in total. The van der Waals surface area contributed by atoms with Crippen molar-refractivity contribution in [2.24, 2.45) is 0 Å². The number of benzene rings is 2. The Labute approximate surface area is 200 Å². The third kappa shape index (κ3) is 5.16. The highest BCUT2D eigenvalue weighted by Crippen LogP contribution is 2.31. The first-order chi connectivity index (χ1) is 16.0. The molecule has 3 rings (SSSR count). The van der Waals surface area contributed by atoms with Crippen LogP contribution in [-0.4, -0.2) is 50.1 Å². The highest BCUT2D eigenvalue weighted by atomic mass is 16.5. The zero-order valence-corrected chi connectivity index (χ0v) is 20.7. The molecule has 1 aliphatic heterocycles. The molecule has 2 aromatic rings. The summed E-state index contributed by atoms with van der Waals surface area (Å²) in [6.07, 6.45) is 0.560. The maximum atomic E-state index is 13.1. The Hall–Kier alpha value is -3.55. The molecule has 0 radical (unpaired) electrons. The number of amides is 4. The number of rotatable bonds is 8. The summed E-state index contributed by atoms with van der Waals surface area (Å²) in [6.45, 7) is 8.00. The molecule has 1 unspecified atom stereocenters.